The minimum atomic E-state index is -0.510. The number of fused-ring (bicyclic) bond motifs is 1. The fraction of sp³-hybridized carbons (Fsp3) is 0.421. The Hall–Kier alpha value is -3.96. The molecule has 4 aromatic rings. The Kier molecular flexibility index (Phi) is 10.4. The van der Waals surface area contributed by atoms with Crippen molar-refractivity contribution >= 4 is 33.2 Å². The minimum Gasteiger partial charge on any atom is -0.508 e. The van der Waals surface area contributed by atoms with Crippen LogP contribution in [-0.2, 0) is 20.8 Å². The lowest BCUT2D eigenvalue weighted by atomic mass is 9.96. The van der Waals surface area contributed by atoms with Gasteiger partial charge in [-0.25, -0.2) is 0 Å². The zero-order valence-corrected chi connectivity index (χ0v) is 28.9. The number of likely N-dealkylation sites (tertiary alicyclic amines) is 1. The summed E-state index contributed by atoms with van der Waals surface area (Å²) in [6.45, 7) is 11.4. The average Bonchev–Trinajstić information content (AvgIpc) is 3.69. The number of morpholine rings is 1. The van der Waals surface area contributed by atoms with Crippen molar-refractivity contribution in [2.75, 3.05) is 53.1 Å². The molecule has 2 aliphatic heterocycles. The van der Waals surface area contributed by atoms with Crippen molar-refractivity contribution in [1.82, 2.24) is 9.80 Å². The van der Waals surface area contributed by atoms with Crippen LogP contribution in [0.1, 0.15) is 55.1 Å². The van der Waals surface area contributed by atoms with Crippen LogP contribution in [0.25, 0.3) is 20.5 Å². The largest absolute Gasteiger partial charge is 0.508 e. The zero-order chi connectivity index (χ0) is 33.8. The highest BCUT2D eigenvalue weighted by molar-refractivity contribution is 7.22. The number of rotatable bonds is 11. The molecule has 48 heavy (non-hydrogen) atoms. The molecule has 0 saturated carbocycles. The van der Waals surface area contributed by atoms with Crippen LogP contribution in [-0.4, -0.2) is 91.4 Å². The monoisotopic (exact) mass is 672 g/mol. The van der Waals surface area contributed by atoms with Crippen LogP contribution < -0.4 is 9.47 Å². The number of hydrogen-bond donors (Lipinski definition) is 1. The number of carbonyl (C=O) groups is 2. The van der Waals surface area contributed by atoms with E-state index in [0.717, 1.165) is 65.1 Å². The summed E-state index contributed by atoms with van der Waals surface area (Å²) in [7, 11) is 1.63. The van der Waals surface area contributed by atoms with Gasteiger partial charge in [-0.1, -0.05) is 12.1 Å². The number of thiophene rings is 1. The van der Waals surface area contributed by atoms with E-state index >= 15 is 0 Å². The Morgan fingerprint density at radius 3 is 2.50 bits per heavy atom. The van der Waals surface area contributed by atoms with Gasteiger partial charge in [0.2, 0.25) is 0 Å². The molecule has 254 valence electrons. The first kappa shape index (κ1) is 33.9. The molecular weight excluding hydrogens is 628 g/mol. The lowest BCUT2D eigenvalue weighted by Gasteiger charge is -2.27. The predicted octanol–water partition coefficient (Wildman–Crippen LogP) is 6.53. The number of ether oxygens (including phenoxy) is 4. The molecule has 1 aromatic heterocycles. The number of ketones is 1. The van der Waals surface area contributed by atoms with Crippen molar-refractivity contribution in [1.29, 1.82) is 0 Å². The minimum absolute atomic E-state index is 0.108. The van der Waals surface area contributed by atoms with Crippen molar-refractivity contribution in [3.8, 4) is 27.7 Å². The maximum absolute atomic E-state index is 14.3. The van der Waals surface area contributed by atoms with Gasteiger partial charge in [0.05, 0.1) is 20.3 Å². The van der Waals surface area contributed by atoms with Gasteiger partial charge in [0.1, 0.15) is 35.5 Å². The Balaban J connectivity index is 1.19. The molecule has 2 saturated heterocycles. The number of aromatic hydroxyl groups is 1. The number of nitrogens with zero attached hydrogens (tertiary/aromatic N) is 2. The first-order valence-electron chi connectivity index (χ1n) is 16.6. The molecule has 2 fully saturated rings. The second-order valence-corrected chi connectivity index (χ2v) is 14.4. The van der Waals surface area contributed by atoms with Gasteiger partial charge in [-0.05, 0) is 94.3 Å². The molecule has 1 atom stereocenters. The summed E-state index contributed by atoms with van der Waals surface area (Å²) in [6, 6.07) is 18.3. The molecule has 3 heterocycles. The average molecular weight is 673 g/mol. The van der Waals surface area contributed by atoms with Crippen molar-refractivity contribution in [2.24, 2.45) is 0 Å². The van der Waals surface area contributed by atoms with Gasteiger partial charge in [-0.15, -0.1) is 11.3 Å². The molecule has 1 unspecified atom stereocenters. The molecule has 9 nitrogen and oxygen atoms in total. The maximum Gasteiger partial charge on any atom is 0.323 e. The molecule has 1 N–H and O–H groups in total. The SMILES string of the molecule is COc1cc(C(=O)c2c(-c3ccc(OCCN4CCCC4C(=O)OC(C)(C)C)cc3)sc3cc(O)ccc23)ccc1CN1CCOCC1. The number of esters is 1. The second-order valence-electron chi connectivity index (χ2n) is 13.3. The van der Waals surface area contributed by atoms with E-state index in [4.69, 9.17) is 18.9 Å². The van der Waals surface area contributed by atoms with Crippen LogP contribution >= 0.6 is 11.3 Å². The summed E-state index contributed by atoms with van der Waals surface area (Å²) in [5.74, 6) is 1.26. The van der Waals surface area contributed by atoms with E-state index in [2.05, 4.69) is 9.80 Å². The molecule has 0 radical (unpaired) electrons. The molecule has 3 aromatic carbocycles. The van der Waals surface area contributed by atoms with Crippen LogP contribution in [0.4, 0.5) is 0 Å². The van der Waals surface area contributed by atoms with E-state index in [1.807, 2.05) is 69.3 Å². The van der Waals surface area contributed by atoms with Gasteiger partial charge < -0.3 is 24.1 Å². The lowest BCUT2D eigenvalue weighted by Crippen LogP contribution is -2.42. The first-order chi connectivity index (χ1) is 23.1. The summed E-state index contributed by atoms with van der Waals surface area (Å²) in [5.41, 5.74) is 2.53. The Labute approximate surface area is 286 Å². The fourth-order valence-corrected chi connectivity index (χ4v) is 7.63. The maximum atomic E-state index is 14.3. The molecule has 0 aliphatic carbocycles. The standard InChI is InChI=1S/C38H44N2O7S/c1-38(2,3)47-37(43)31-6-5-15-40(31)18-21-46-29-12-9-25(10-13-29)36-34(30-14-11-28(41)23-33(30)48-36)35(42)26-7-8-27(32(22-26)44-4)24-39-16-19-45-20-17-39/h7-14,22-23,31,41H,5-6,15-21,24H2,1-4H3. The Morgan fingerprint density at radius 1 is 1.00 bits per heavy atom. The van der Waals surface area contributed by atoms with Gasteiger partial charge in [-0.2, -0.15) is 0 Å². The summed E-state index contributed by atoms with van der Waals surface area (Å²) in [6.07, 6.45) is 1.75. The smallest absolute Gasteiger partial charge is 0.323 e. The highest BCUT2D eigenvalue weighted by Crippen LogP contribution is 2.42. The highest BCUT2D eigenvalue weighted by atomic mass is 32.1. The van der Waals surface area contributed by atoms with Crippen molar-refractivity contribution < 1.29 is 33.6 Å². The van der Waals surface area contributed by atoms with Crippen LogP contribution in [0.3, 0.4) is 0 Å². The highest BCUT2D eigenvalue weighted by Gasteiger charge is 2.34. The molecular formula is C38H44N2O7S. The van der Waals surface area contributed by atoms with Gasteiger partial charge in [-0.3, -0.25) is 19.4 Å². The van der Waals surface area contributed by atoms with Gasteiger partial charge in [0.15, 0.2) is 5.78 Å². The van der Waals surface area contributed by atoms with E-state index in [1.54, 1.807) is 19.2 Å². The van der Waals surface area contributed by atoms with E-state index in [0.29, 0.717) is 49.0 Å². The van der Waals surface area contributed by atoms with Gasteiger partial charge in [0, 0.05) is 57.8 Å². The summed E-state index contributed by atoms with van der Waals surface area (Å²) < 4.78 is 23.8. The Morgan fingerprint density at radius 2 is 1.77 bits per heavy atom. The predicted molar refractivity (Wildman–Crippen MR) is 187 cm³/mol. The number of phenolic OH excluding ortho intramolecular Hbond substituents is 1. The first-order valence-corrected chi connectivity index (χ1v) is 17.4. The molecule has 0 amide bonds. The quantitative estimate of drug-likeness (QED) is 0.141. The van der Waals surface area contributed by atoms with Crippen molar-refractivity contribution in [3.05, 3.63) is 77.4 Å². The van der Waals surface area contributed by atoms with E-state index < -0.39 is 5.60 Å². The van der Waals surface area contributed by atoms with Crippen molar-refractivity contribution in [3.63, 3.8) is 0 Å². The van der Waals surface area contributed by atoms with Gasteiger partial charge >= 0.3 is 5.97 Å². The van der Waals surface area contributed by atoms with Gasteiger partial charge in [0.25, 0.3) is 0 Å². The third-order valence-electron chi connectivity index (χ3n) is 8.75. The molecule has 10 heteroatoms. The molecule has 0 spiro atoms. The van der Waals surface area contributed by atoms with E-state index in [-0.39, 0.29) is 23.5 Å². The Bertz CT molecular complexity index is 1760. The van der Waals surface area contributed by atoms with Crippen LogP contribution in [0, 0.1) is 0 Å². The number of phenols is 1. The molecule has 2 aliphatic rings. The number of benzene rings is 3. The fourth-order valence-electron chi connectivity index (χ4n) is 6.39. The molecule has 0 bridgehead atoms. The summed E-state index contributed by atoms with van der Waals surface area (Å²) in [4.78, 5) is 32.2. The van der Waals surface area contributed by atoms with Crippen LogP contribution in [0.2, 0.25) is 0 Å². The topological polar surface area (TPSA) is 97.8 Å². The second kappa shape index (κ2) is 14.7. The van der Waals surface area contributed by atoms with Crippen molar-refractivity contribution in [2.45, 2.75) is 51.8 Å². The lowest BCUT2D eigenvalue weighted by molar-refractivity contribution is -0.160. The van der Waals surface area contributed by atoms with Crippen LogP contribution in [0.5, 0.6) is 17.2 Å². The van der Waals surface area contributed by atoms with Crippen LogP contribution in [0.15, 0.2) is 60.7 Å². The zero-order valence-electron chi connectivity index (χ0n) is 28.1. The molecule has 6 rings (SSSR count). The normalized spacial score (nSPS) is 17.5. The number of carbonyl (C=O) groups excluding carboxylic acids is 2. The number of hydrogen-bond acceptors (Lipinski definition) is 10. The van der Waals surface area contributed by atoms with E-state index in [1.165, 1.54) is 11.3 Å². The summed E-state index contributed by atoms with van der Waals surface area (Å²) in [5, 5.41) is 11.0. The number of methoxy groups -OCH3 is 1. The third kappa shape index (κ3) is 7.84. The van der Waals surface area contributed by atoms with E-state index in [9.17, 15) is 14.7 Å². The summed E-state index contributed by atoms with van der Waals surface area (Å²) >= 11 is 1.48. The third-order valence-corrected chi connectivity index (χ3v) is 9.96.